The second-order valence-electron chi connectivity index (χ2n) is 4.14. The maximum atomic E-state index is 11.3. The number of aliphatic hydroxyl groups is 1. The summed E-state index contributed by atoms with van der Waals surface area (Å²) in [5, 5.41) is 9.44. The zero-order valence-corrected chi connectivity index (χ0v) is 9.52. The van der Waals surface area contributed by atoms with Gasteiger partial charge in [0.05, 0.1) is 18.6 Å². The summed E-state index contributed by atoms with van der Waals surface area (Å²) in [6.45, 7) is 1.80. The van der Waals surface area contributed by atoms with Gasteiger partial charge in [-0.15, -0.1) is 0 Å². The van der Waals surface area contributed by atoms with Crippen LogP contribution < -0.4 is 0 Å². The van der Waals surface area contributed by atoms with Crippen LogP contribution in [0.4, 0.5) is 0 Å². The van der Waals surface area contributed by atoms with Crippen molar-refractivity contribution in [1.82, 2.24) is 0 Å². The summed E-state index contributed by atoms with van der Waals surface area (Å²) in [5.41, 5.74) is 0. The first-order chi connectivity index (χ1) is 7.58. The third kappa shape index (κ3) is 5.07. The first kappa shape index (κ1) is 12.9. The smallest absolute Gasteiger partial charge is 0.309 e. The molecule has 1 N–H and O–H groups in total. The second-order valence-corrected chi connectivity index (χ2v) is 4.14. The number of ketones is 1. The molecule has 90 valence electrons. The van der Waals surface area contributed by atoms with E-state index in [1.54, 1.807) is 13.0 Å². The highest BCUT2D eigenvalue weighted by Gasteiger charge is 2.14. The van der Waals surface area contributed by atoms with E-state index in [0.717, 1.165) is 6.42 Å². The van der Waals surface area contributed by atoms with Crippen molar-refractivity contribution in [2.24, 2.45) is 0 Å². The Morgan fingerprint density at radius 3 is 2.94 bits per heavy atom. The Morgan fingerprint density at radius 2 is 2.19 bits per heavy atom. The summed E-state index contributed by atoms with van der Waals surface area (Å²) < 4.78 is 5.08. The van der Waals surface area contributed by atoms with Gasteiger partial charge in [0.25, 0.3) is 0 Å². The first-order valence-corrected chi connectivity index (χ1v) is 5.64. The second kappa shape index (κ2) is 6.43. The monoisotopic (exact) mass is 226 g/mol. The average molecular weight is 226 g/mol. The molecule has 0 fully saturated rings. The lowest BCUT2D eigenvalue weighted by Gasteiger charge is -2.14. The lowest BCUT2D eigenvalue weighted by atomic mass is 10.1. The van der Waals surface area contributed by atoms with E-state index in [1.807, 2.05) is 0 Å². The predicted octanol–water partition coefficient (Wildman–Crippen LogP) is 1.37. The van der Waals surface area contributed by atoms with Crippen LogP contribution in [-0.2, 0) is 14.3 Å². The van der Waals surface area contributed by atoms with Crippen LogP contribution in [0.1, 0.15) is 39.0 Å². The van der Waals surface area contributed by atoms with Crippen molar-refractivity contribution in [3.8, 4) is 0 Å². The van der Waals surface area contributed by atoms with Gasteiger partial charge in [0.15, 0.2) is 0 Å². The highest BCUT2D eigenvalue weighted by atomic mass is 16.5. The van der Waals surface area contributed by atoms with Gasteiger partial charge < -0.3 is 9.84 Å². The molecule has 0 amide bonds. The van der Waals surface area contributed by atoms with Crippen LogP contribution in [0.25, 0.3) is 0 Å². The fraction of sp³-hybridized carbons (Fsp3) is 0.667. The molecule has 0 radical (unpaired) electrons. The van der Waals surface area contributed by atoms with Gasteiger partial charge in [0, 0.05) is 12.8 Å². The number of carbonyl (C=O) groups is 2. The van der Waals surface area contributed by atoms with Crippen LogP contribution in [0.3, 0.4) is 0 Å². The molecule has 2 atom stereocenters. The Bertz CT molecular complexity index is 283. The van der Waals surface area contributed by atoms with Gasteiger partial charge in [0.1, 0.15) is 5.78 Å². The molecule has 4 nitrogen and oxygen atoms in total. The van der Waals surface area contributed by atoms with E-state index in [9.17, 15) is 14.7 Å². The number of hydrogen-bond donors (Lipinski definition) is 1. The highest BCUT2D eigenvalue weighted by molar-refractivity contribution is 5.79. The Labute approximate surface area is 95.3 Å². The fourth-order valence-electron chi connectivity index (χ4n) is 1.62. The molecule has 0 unspecified atom stereocenters. The molecule has 0 saturated heterocycles. The van der Waals surface area contributed by atoms with Gasteiger partial charge in [-0.05, 0) is 19.8 Å². The molecule has 0 spiro atoms. The van der Waals surface area contributed by atoms with Crippen LogP contribution in [0.5, 0.6) is 0 Å². The Morgan fingerprint density at radius 1 is 1.44 bits per heavy atom. The minimum Gasteiger partial charge on any atom is -0.463 e. The number of ether oxygens (including phenoxy) is 1. The van der Waals surface area contributed by atoms with Crippen LogP contribution in [-0.4, -0.2) is 29.1 Å². The number of hydrogen-bond acceptors (Lipinski definition) is 4. The quantitative estimate of drug-likeness (QED) is 0.500. The normalized spacial score (nSPS) is 31.1. The molecule has 16 heavy (non-hydrogen) atoms. The van der Waals surface area contributed by atoms with E-state index in [-0.39, 0.29) is 18.3 Å². The van der Waals surface area contributed by atoms with Crippen LogP contribution in [0.2, 0.25) is 0 Å². The number of Topliss-reactive ketones (excluding diaryl/α,β-unsaturated/α-hetero) is 1. The van der Waals surface area contributed by atoms with E-state index < -0.39 is 12.1 Å². The lowest BCUT2D eigenvalue weighted by molar-refractivity contribution is -0.150. The summed E-state index contributed by atoms with van der Waals surface area (Å²) in [6, 6.07) is 0. The number of carbonyl (C=O) groups excluding carboxylic acids is 2. The molecule has 1 heterocycles. The molecule has 0 aromatic heterocycles. The Balaban J connectivity index is 2.58. The largest absolute Gasteiger partial charge is 0.463 e. The SMILES string of the molecule is C[C@@H]1CCCC(=O)C/C=C/[C@@H](O)CC(=O)O1. The number of rotatable bonds is 0. The topological polar surface area (TPSA) is 63.6 Å². The standard InChI is InChI=1S/C12H18O4/c1-9-4-2-5-10(13)6-3-7-11(14)8-12(15)16-9/h3,7,9,11,14H,2,4-6,8H2,1H3/b7-3+/t9-,11-/m1/s1. The van der Waals surface area contributed by atoms with E-state index in [4.69, 9.17) is 4.74 Å². The van der Waals surface area contributed by atoms with Crippen molar-refractivity contribution in [1.29, 1.82) is 0 Å². The van der Waals surface area contributed by atoms with Crippen molar-refractivity contribution in [2.75, 3.05) is 0 Å². The van der Waals surface area contributed by atoms with E-state index in [1.165, 1.54) is 6.08 Å². The molecule has 0 saturated carbocycles. The molecular formula is C12H18O4. The Hall–Kier alpha value is -1.16. The minimum atomic E-state index is -0.855. The number of allylic oxidation sites excluding steroid dienone is 1. The van der Waals surface area contributed by atoms with E-state index in [2.05, 4.69) is 0 Å². The van der Waals surface area contributed by atoms with Gasteiger partial charge in [-0.25, -0.2) is 0 Å². The summed E-state index contributed by atoms with van der Waals surface area (Å²) in [6.07, 6.45) is 4.28. The predicted molar refractivity (Wildman–Crippen MR) is 58.8 cm³/mol. The van der Waals surface area contributed by atoms with Crippen molar-refractivity contribution in [3.63, 3.8) is 0 Å². The van der Waals surface area contributed by atoms with Crippen LogP contribution in [0, 0.1) is 0 Å². The summed E-state index contributed by atoms with van der Waals surface area (Å²) >= 11 is 0. The highest BCUT2D eigenvalue weighted by Crippen LogP contribution is 2.10. The molecule has 0 bridgehead atoms. The van der Waals surface area contributed by atoms with Crippen molar-refractivity contribution < 1.29 is 19.4 Å². The summed E-state index contributed by atoms with van der Waals surface area (Å²) in [7, 11) is 0. The van der Waals surface area contributed by atoms with Gasteiger partial charge in [0.2, 0.25) is 0 Å². The number of cyclic esters (lactones) is 1. The molecule has 0 aliphatic carbocycles. The van der Waals surface area contributed by atoms with Crippen molar-refractivity contribution >= 4 is 11.8 Å². The number of esters is 1. The molecule has 0 aromatic carbocycles. The van der Waals surface area contributed by atoms with Gasteiger partial charge in [-0.1, -0.05) is 12.2 Å². The molecule has 4 heteroatoms. The molecular weight excluding hydrogens is 208 g/mol. The van der Waals surface area contributed by atoms with Gasteiger partial charge in [-0.2, -0.15) is 0 Å². The maximum absolute atomic E-state index is 11.3. The van der Waals surface area contributed by atoms with Crippen molar-refractivity contribution in [2.45, 2.75) is 51.2 Å². The summed E-state index contributed by atoms with van der Waals surface area (Å²) in [4.78, 5) is 22.6. The molecule has 1 rings (SSSR count). The lowest BCUT2D eigenvalue weighted by Crippen LogP contribution is -2.20. The number of aliphatic hydroxyl groups excluding tert-OH is 1. The van der Waals surface area contributed by atoms with Gasteiger partial charge in [-0.3, -0.25) is 9.59 Å². The minimum absolute atomic E-state index is 0.0466. The zero-order chi connectivity index (χ0) is 12.0. The van der Waals surface area contributed by atoms with Crippen LogP contribution >= 0.6 is 0 Å². The average Bonchev–Trinajstić information content (AvgIpc) is 2.15. The summed E-state index contributed by atoms with van der Waals surface area (Å²) in [5.74, 6) is -0.237. The van der Waals surface area contributed by atoms with E-state index >= 15 is 0 Å². The van der Waals surface area contributed by atoms with Gasteiger partial charge >= 0.3 is 5.97 Å². The van der Waals surface area contributed by atoms with Crippen molar-refractivity contribution in [3.05, 3.63) is 12.2 Å². The third-order valence-corrected chi connectivity index (χ3v) is 2.48. The Kier molecular flexibility index (Phi) is 5.19. The van der Waals surface area contributed by atoms with E-state index in [0.29, 0.717) is 19.3 Å². The fourth-order valence-corrected chi connectivity index (χ4v) is 1.62. The first-order valence-electron chi connectivity index (χ1n) is 5.64. The van der Waals surface area contributed by atoms with Crippen LogP contribution in [0.15, 0.2) is 12.2 Å². The molecule has 1 aliphatic rings. The molecule has 0 aromatic rings. The molecule has 1 aliphatic heterocycles. The maximum Gasteiger partial charge on any atom is 0.309 e. The third-order valence-electron chi connectivity index (χ3n) is 2.48. The zero-order valence-electron chi connectivity index (χ0n) is 9.52.